The Morgan fingerprint density at radius 2 is 1.78 bits per heavy atom. The van der Waals surface area contributed by atoms with Crippen LogP contribution in [0.4, 0.5) is 5.69 Å². The summed E-state index contributed by atoms with van der Waals surface area (Å²) in [5, 5.41) is 6.50. The lowest BCUT2D eigenvalue weighted by Crippen LogP contribution is -2.42. The van der Waals surface area contributed by atoms with E-state index in [1.807, 2.05) is 0 Å². The SMILES string of the molecule is C[C@@H]1CCCC[C@H]1NC(=O)CSCC(=O)Nc1ccc(Cl)cc1. The number of benzene rings is 1. The first kappa shape index (κ1) is 18.1. The van der Waals surface area contributed by atoms with Crippen LogP contribution in [0.25, 0.3) is 0 Å². The van der Waals surface area contributed by atoms with Gasteiger partial charge in [0.15, 0.2) is 0 Å². The van der Waals surface area contributed by atoms with Gasteiger partial charge in [0.2, 0.25) is 11.8 Å². The second kappa shape index (κ2) is 9.18. The van der Waals surface area contributed by atoms with Gasteiger partial charge >= 0.3 is 0 Å². The van der Waals surface area contributed by atoms with E-state index in [0.717, 1.165) is 6.42 Å². The van der Waals surface area contributed by atoms with Crippen LogP contribution >= 0.6 is 23.4 Å². The van der Waals surface area contributed by atoms with Crippen LogP contribution in [0.1, 0.15) is 32.6 Å². The van der Waals surface area contributed by atoms with E-state index >= 15 is 0 Å². The minimum Gasteiger partial charge on any atom is -0.352 e. The van der Waals surface area contributed by atoms with Crippen LogP contribution in [-0.2, 0) is 9.59 Å². The van der Waals surface area contributed by atoms with Crippen molar-refractivity contribution in [2.45, 2.75) is 38.6 Å². The van der Waals surface area contributed by atoms with Crippen molar-refractivity contribution in [2.24, 2.45) is 5.92 Å². The van der Waals surface area contributed by atoms with Gasteiger partial charge in [0.25, 0.3) is 0 Å². The Labute approximate surface area is 146 Å². The molecule has 0 saturated heterocycles. The van der Waals surface area contributed by atoms with Crippen molar-refractivity contribution in [3.05, 3.63) is 29.3 Å². The Hall–Kier alpha value is -1.20. The van der Waals surface area contributed by atoms with Crippen molar-refractivity contribution in [1.82, 2.24) is 5.32 Å². The number of nitrogens with one attached hydrogen (secondary N) is 2. The van der Waals surface area contributed by atoms with Crippen molar-refractivity contribution in [1.29, 1.82) is 0 Å². The van der Waals surface area contributed by atoms with E-state index in [1.165, 1.54) is 31.0 Å². The van der Waals surface area contributed by atoms with Gasteiger partial charge in [-0.1, -0.05) is 31.4 Å². The Morgan fingerprint density at radius 3 is 2.48 bits per heavy atom. The van der Waals surface area contributed by atoms with Gasteiger partial charge in [-0.25, -0.2) is 0 Å². The number of halogens is 1. The summed E-state index contributed by atoms with van der Waals surface area (Å²) in [6.45, 7) is 2.19. The summed E-state index contributed by atoms with van der Waals surface area (Å²) in [7, 11) is 0. The van der Waals surface area contributed by atoms with Gasteiger partial charge in [0, 0.05) is 16.8 Å². The molecule has 0 radical (unpaired) electrons. The summed E-state index contributed by atoms with van der Waals surface area (Å²) < 4.78 is 0. The lowest BCUT2D eigenvalue weighted by atomic mass is 9.86. The summed E-state index contributed by atoms with van der Waals surface area (Å²) >= 11 is 7.13. The molecule has 1 aromatic carbocycles. The van der Waals surface area contributed by atoms with E-state index in [2.05, 4.69) is 17.6 Å². The number of hydrogen-bond donors (Lipinski definition) is 2. The molecule has 1 aliphatic rings. The second-order valence-corrected chi connectivity index (χ2v) is 7.41. The number of thioether (sulfide) groups is 1. The lowest BCUT2D eigenvalue weighted by molar-refractivity contribution is -0.119. The summed E-state index contributed by atoms with van der Waals surface area (Å²) in [5.41, 5.74) is 0.709. The molecule has 0 aromatic heterocycles. The zero-order chi connectivity index (χ0) is 16.7. The number of hydrogen-bond acceptors (Lipinski definition) is 3. The standard InChI is InChI=1S/C17H23ClN2O2S/c1-12-4-2-3-5-15(12)20-17(22)11-23-10-16(21)19-14-8-6-13(18)7-9-14/h6-9,12,15H,2-5,10-11H2,1H3,(H,19,21)(H,20,22)/t12-,15-/m1/s1. The molecule has 2 rings (SSSR count). The maximum Gasteiger partial charge on any atom is 0.234 e. The normalized spacial score (nSPS) is 20.8. The van der Waals surface area contributed by atoms with Gasteiger partial charge in [-0.2, -0.15) is 0 Å². The minimum atomic E-state index is -0.115. The Morgan fingerprint density at radius 1 is 1.13 bits per heavy atom. The zero-order valence-corrected chi connectivity index (χ0v) is 14.9. The molecule has 23 heavy (non-hydrogen) atoms. The highest BCUT2D eigenvalue weighted by Crippen LogP contribution is 2.23. The molecule has 0 bridgehead atoms. The average Bonchev–Trinajstić information content (AvgIpc) is 2.52. The molecular weight excluding hydrogens is 332 g/mol. The molecule has 2 atom stereocenters. The predicted octanol–water partition coefficient (Wildman–Crippen LogP) is 3.71. The van der Waals surface area contributed by atoms with Crippen molar-refractivity contribution in [3.8, 4) is 0 Å². The number of carbonyl (C=O) groups is 2. The molecule has 1 fully saturated rings. The molecule has 0 heterocycles. The zero-order valence-electron chi connectivity index (χ0n) is 13.3. The third kappa shape index (κ3) is 6.43. The molecule has 0 unspecified atom stereocenters. The van der Waals surface area contributed by atoms with Crippen LogP contribution < -0.4 is 10.6 Å². The van der Waals surface area contributed by atoms with E-state index in [9.17, 15) is 9.59 Å². The van der Waals surface area contributed by atoms with Crippen molar-refractivity contribution in [3.63, 3.8) is 0 Å². The largest absolute Gasteiger partial charge is 0.352 e. The number of anilines is 1. The third-order valence-corrected chi connectivity index (χ3v) is 5.24. The Kier molecular flexibility index (Phi) is 7.24. The molecule has 6 heteroatoms. The summed E-state index contributed by atoms with van der Waals surface area (Å²) in [5.74, 6) is 1.03. The average molecular weight is 355 g/mol. The molecule has 1 saturated carbocycles. The molecule has 2 N–H and O–H groups in total. The van der Waals surface area contributed by atoms with E-state index in [4.69, 9.17) is 11.6 Å². The topological polar surface area (TPSA) is 58.2 Å². The first-order valence-electron chi connectivity index (χ1n) is 7.97. The van der Waals surface area contributed by atoms with Gasteiger partial charge in [0.05, 0.1) is 11.5 Å². The fourth-order valence-corrected chi connectivity index (χ4v) is 3.50. The monoisotopic (exact) mass is 354 g/mol. The second-order valence-electron chi connectivity index (χ2n) is 5.98. The fraction of sp³-hybridized carbons (Fsp3) is 0.529. The van der Waals surface area contributed by atoms with Crippen molar-refractivity contribution in [2.75, 3.05) is 16.8 Å². The highest BCUT2D eigenvalue weighted by atomic mass is 35.5. The van der Waals surface area contributed by atoms with Gasteiger partial charge in [-0.15, -0.1) is 11.8 Å². The minimum absolute atomic E-state index is 0.0213. The van der Waals surface area contributed by atoms with Crippen LogP contribution in [-0.4, -0.2) is 29.4 Å². The van der Waals surface area contributed by atoms with Crippen LogP contribution in [0.2, 0.25) is 5.02 Å². The number of rotatable bonds is 6. The predicted molar refractivity (Wildman–Crippen MR) is 97.0 cm³/mol. The quantitative estimate of drug-likeness (QED) is 0.818. The summed E-state index contributed by atoms with van der Waals surface area (Å²) in [6.07, 6.45) is 4.69. The molecule has 1 aromatic rings. The smallest absolute Gasteiger partial charge is 0.234 e. The van der Waals surface area contributed by atoms with Gasteiger partial charge in [-0.3, -0.25) is 9.59 Å². The highest BCUT2D eigenvalue weighted by molar-refractivity contribution is 8.00. The first-order chi connectivity index (χ1) is 11.0. The van der Waals surface area contributed by atoms with Crippen LogP contribution in [0.15, 0.2) is 24.3 Å². The number of carbonyl (C=O) groups excluding carboxylic acids is 2. The van der Waals surface area contributed by atoms with Gasteiger partial charge in [0.1, 0.15) is 0 Å². The van der Waals surface area contributed by atoms with E-state index in [0.29, 0.717) is 28.4 Å². The fourth-order valence-electron chi connectivity index (χ4n) is 2.75. The first-order valence-corrected chi connectivity index (χ1v) is 9.50. The molecular formula is C17H23ClN2O2S. The van der Waals surface area contributed by atoms with Crippen molar-refractivity contribution < 1.29 is 9.59 Å². The summed E-state index contributed by atoms with van der Waals surface area (Å²) in [4.78, 5) is 23.8. The molecule has 4 nitrogen and oxygen atoms in total. The highest BCUT2D eigenvalue weighted by Gasteiger charge is 2.22. The van der Waals surface area contributed by atoms with E-state index in [1.54, 1.807) is 24.3 Å². The maximum absolute atomic E-state index is 12.0. The third-order valence-electron chi connectivity index (χ3n) is 4.05. The van der Waals surface area contributed by atoms with Crippen LogP contribution in [0.5, 0.6) is 0 Å². The molecule has 126 valence electrons. The molecule has 2 amide bonds. The van der Waals surface area contributed by atoms with Gasteiger partial charge in [-0.05, 0) is 43.0 Å². The molecule has 1 aliphatic carbocycles. The van der Waals surface area contributed by atoms with Gasteiger partial charge < -0.3 is 10.6 Å². The lowest BCUT2D eigenvalue weighted by Gasteiger charge is -2.29. The summed E-state index contributed by atoms with van der Waals surface area (Å²) in [6, 6.07) is 7.25. The number of amides is 2. The van der Waals surface area contributed by atoms with E-state index in [-0.39, 0.29) is 17.6 Å². The molecule has 0 aliphatic heterocycles. The van der Waals surface area contributed by atoms with E-state index < -0.39 is 0 Å². The maximum atomic E-state index is 12.0. The van der Waals surface area contributed by atoms with Crippen LogP contribution in [0.3, 0.4) is 0 Å². The Balaban J connectivity index is 1.64. The van der Waals surface area contributed by atoms with Crippen LogP contribution in [0, 0.1) is 5.92 Å². The molecule has 0 spiro atoms. The van der Waals surface area contributed by atoms with Crippen molar-refractivity contribution >= 4 is 40.9 Å². The Bertz CT molecular complexity index is 536.